The molecule has 2 aromatic rings. The first-order valence-electron chi connectivity index (χ1n) is 6.70. The summed E-state index contributed by atoms with van der Waals surface area (Å²) in [6.07, 6.45) is 3.21. The molecule has 1 amide bonds. The third kappa shape index (κ3) is 3.92. The van der Waals surface area contributed by atoms with Crippen LogP contribution >= 0.6 is 11.6 Å². The van der Waals surface area contributed by atoms with Gasteiger partial charge in [-0.2, -0.15) is 0 Å². The third-order valence-electron chi connectivity index (χ3n) is 2.98. The number of nitrogens with zero attached hydrogens (tertiary/aromatic N) is 2. The van der Waals surface area contributed by atoms with Gasteiger partial charge in [0.2, 0.25) is 0 Å². The van der Waals surface area contributed by atoms with E-state index >= 15 is 0 Å². The molecule has 0 atom stereocenters. The molecule has 0 aliphatic heterocycles. The van der Waals surface area contributed by atoms with E-state index in [1.807, 2.05) is 26.0 Å². The van der Waals surface area contributed by atoms with Gasteiger partial charge in [0.25, 0.3) is 5.91 Å². The van der Waals surface area contributed by atoms with E-state index in [0.29, 0.717) is 22.9 Å². The summed E-state index contributed by atoms with van der Waals surface area (Å²) in [5, 5.41) is 6.27. The Kier molecular flexibility index (Phi) is 5.11. The second-order valence-electron chi connectivity index (χ2n) is 4.53. The number of pyridine rings is 2. The Morgan fingerprint density at radius 3 is 2.86 bits per heavy atom. The van der Waals surface area contributed by atoms with Crippen LogP contribution in [0.1, 0.15) is 28.5 Å². The lowest BCUT2D eigenvalue weighted by Crippen LogP contribution is -2.24. The molecule has 0 unspecified atom stereocenters. The molecule has 5 nitrogen and oxygen atoms in total. The number of carbonyl (C=O) groups is 1. The first-order valence-corrected chi connectivity index (χ1v) is 7.07. The largest absolute Gasteiger partial charge is 0.369 e. The molecule has 0 aliphatic rings. The van der Waals surface area contributed by atoms with Gasteiger partial charge in [0.05, 0.1) is 22.8 Å². The minimum absolute atomic E-state index is 0.225. The molecule has 0 saturated heterocycles. The standard InChI is InChI=1S/C15H17ClN4O/c1-3-17-14-12(16)7-11(8-19-14)15(21)20-9-13-10(2)5-4-6-18-13/h4-8H,3,9H2,1-2H3,(H,17,19)(H,20,21). The minimum atomic E-state index is -0.225. The summed E-state index contributed by atoms with van der Waals surface area (Å²) in [6, 6.07) is 5.43. The molecule has 2 heterocycles. The number of rotatable bonds is 5. The maximum absolute atomic E-state index is 12.1. The fourth-order valence-corrected chi connectivity index (χ4v) is 2.06. The summed E-state index contributed by atoms with van der Waals surface area (Å²) in [5.41, 5.74) is 2.31. The van der Waals surface area contributed by atoms with Crippen LogP contribution in [0.25, 0.3) is 0 Å². The summed E-state index contributed by atoms with van der Waals surface area (Å²) < 4.78 is 0. The number of anilines is 1. The van der Waals surface area contributed by atoms with Gasteiger partial charge in [-0.25, -0.2) is 4.98 Å². The summed E-state index contributed by atoms with van der Waals surface area (Å²) in [5.74, 6) is 0.355. The van der Waals surface area contributed by atoms with Gasteiger partial charge in [-0.1, -0.05) is 17.7 Å². The number of hydrogen-bond donors (Lipinski definition) is 2. The highest BCUT2D eigenvalue weighted by molar-refractivity contribution is 6.33. The van der Waals surface area contributed by atoms with Crippen molar-refractivity contribution in [3.05, 3.63) is 52.4 Å². The number of carbonyl (C=O) groups excluding carboxylic acids is 1. The van der Waals surface area contributed by atoms with Crippen molar-refractivity contribution in [2.75, 3.05) is 11.9 Å². The average molecular weight is 305 g/mol. The van der Waals surface area contributed by atoms with Crippen molar-refractivity contribution >= 4 is 23.3 Å². The van der Waals surface area contributed by atoms with Crippen molar-refractivity contribution in [2.24, 2.45) is 0 Å². The van der Waals surface area contributed by atoms with Crippen LogP contribution < -0.4 is 10.6 Å². The van der Waals surface area contributed by atoms with Crippen molar-refractivity contribution in [3.63, 3.8) is 0 Å². The number of aromatic nitrogens is 2. The van der Waals surface area contributed by atoms with E-state index in [1.165, 1.54) is 6.20 Å². The van der Waals surface area contributed by atoms with Gasteiger partial charge in [0.1, 0.15) is 5.82 Å². The Morgan fingerprint density at radius 1 is 1.38 bits per heavy atom. The molecule has 0 saturated carbocycles. The number of hydrogen-bond acceptors (Lipinski definition) is 4. The molecule has 6 heteroatoms. The van der Waals surface area contributed by atoms with Crippen molar-refractivity contribution < 1.29 is 4.79 Å². The Labute approximate surface area is 128 Å². The smallest absolute Gasteiger partial charge is 0.253 e. The molecule has 0 aromatic carbocycles. The molecule has 2 aromatic heterocycles. The van der Waals surface area contributed by atoms with Crippen LogP contribution in [-0.2, 0) is 6.54 Å². The topological polar surface area (TPSA) is 66.9 Å². The quantitative estimate of drug-likeness (QED) is 0.891. The Hall–Kier alpha value is -2.14. The van der Waals surface area contributed by atoms with Crippen LogP contribution in [0, 0.1) is 6.92 Å². The average Bonchev–Trinajstić information content (AvgIpc) is 2.48. The van der Waals surface area contributed by atoms with Crippen LogP contribution in [0.4, 0.5) is 5.82 Å². The third-order valence-corrected chi connectivity index (χ3v) is 3.27. The van der Waals surface area contributed by atoms with Gasteiger partial charge in [0, 0.05) is 18.9 Å². The van der Waals surface area contributed by atoms with E-state index in [9.17, 15) is 4.79 Å². The zero-order chi connectivity index (χ0) is 15.2. The first kappa shape index (κ1) is 15.3. The number of aryl methyl sites for hydroxylation is 1. The molecule has 110 valence electrons. The van der Waals surface area contributed by atoms with Gasteiger partial charge >= 0.3 is 0 Å². The van der Waals surface area contributed by atoms with Gasteiger partial charge in [-0.05, 0) is 31.5 Å². The highest BCUT2D eigenvalue weighted by Crippen LogP contribution is 2.19. The van der Waals surface area contributed by atoms with E-state index in [4.69, 9.17) is 11.6 Å². The lowest BCUT2D eigenvalue weighted by molar-refractivity contribution is 0.0950. The molecule has 2 rings (SSSR count). The van der Waals surface area contributed by atoms with Crippen molar-refractivity contribution in [3.8, 4) is 0 Å². The monoisotopic (exact) mass is 304 g/mol. The van der Waals surface area contributed by atoms with Crippen LogP contribution in [0.2, 0.25) is 5.02 Å². The first-order chi connectivity index (χ1) is 10.1. The predicted octanol–water partition coefficient (Wildman–Crippen LogP) is 2.80. The summed E-state index contributed by atoms with van der Waals surface area (Å²) in [4.78, 5) is 20.5. The van der Waals surface area contributed by atoms with E-state index < -0.39 is 0 Å². The number of amides is 1. The fourth-order valence-electron chi connectivity index (χ4n) is 1.83. The molecule has 0 spiro atoms. The molecule has 21 heavy (non-hydrogen) atoms. The molecular weight excluding hydrogens is 288 g/mol. The van der Waals surface area contributed by atoms with Crippen molar-refractivity contribution in [1.29, 1.82) is 0 Å². The lowest BCUT2D eigenvalue weighted by atomic mass is 10.2. The normalized spacial score (nSPS) is 10.2. The van der Waals surface area contributed by atoms with E-state index in [-0.39, 0.29) is 5.91 Å². The van der Waals surface area contributed by atoms with Crippen LogP contribution in [-0.4, -0.2) is 22.4 Å². The Morgan fingerprint density at radius 2 is 2.19 bits per heavy atom. The predicted molar refractivity (Wildman–Crippen MR) is 83.6 cm³/mol. The number of nitrogens with one attached hydrogen (secondary N) is 2. The van der Waals surface area contributed by atoms with E-state index in [2.05, 4.69) is 20.6 Å². The zero-order valence-electron chi connectivity index (χ0n) is 12.0. The highest BCUT2D eigenvalue weighted by atomic mass is 35.5. The van der Waals surface area contributed by atoms with Gasteiger partial charge in [-0.15, -0.1) is 0 Å². The van der Waals surface area contributed by atoms with Crippen LogP contribution in [0.3, 0.4) is 0 Å². The second kappa shape index (κ2) is 7.04. The molecule has 0 bridgehead atoms. The van der Waals surface area contributed by atoms with Gasteiger partial charge in [0.15, 0.2) is 0 Å². The molecule has 0 aliphatic carbocycles. The van der Waals surface area contributed by atoms with E-state index in [1.54, 1.807) is 12.3 Å². The molecular formula is C15H17ClN4O. The van der Waals surface area contributed by atoms with Gasteiger partial charge < -0.3 is 10.6 Å². The maximum Gasteiger partial charge on any atom is 0.253 e. The highest BCUT2D eigenvalue weighted by Gasteiger charge is 2.10. The molecule has 0 fully saturated rings. The second-order valence-corrected chi connectivity index (χ2v) is 4.94. The maximum atomic E-state index is 12.1. The van der Waals surface area contributed by atoms with Gasteiger partial charge in [-0.3, -0.25) is 9.78 Å². The molecule has 0 radical (unpaired) electrons. The summed E-state index contributed by atoms with van der Waals surface area (Å²) in [6.45, 7) is 5.00. The Balaban J connectivity index is 2.04. The minimum Gasteiger partial charge on any atom is -0.369 e. The van der Waals surface area contributed by atoms with E-state index in [0.717, 1.165) is 17.8 Å². The SMILES string of the molecule is CCNc1ncc(C(=O)NCc2ncccc2C)cc1Cl. The molecule has 2 N–H and O–H groups in total. The Bertz CT molecular complexity index is 645. The van der Waals surface area contributed by atoms with Crippen molar-refractivity contribution in [2.45, 2.75) is 20.4 Å². The summed E-state index contributed by atoms with van der Waals surface area (Å²) in [7, 11) is 0. The van der Waals surface area contributed by atoms with Crippen LogP contribution in [0.15, 0.2) is 30.6 Å². The van der Waals surface area contributed by atoms with Crippen molar-refractivity contribution in [1.82, 2.24) is 15.3 Å². The van der Waals surface area contributed by atoms with Crippen LogP contribution in [0.5, 0.6) is 0 Å². The lowest BCUT2D eigenvalue weighted by Gasteiger charge is -2.09. The number of halogens is 1. The zero-order valence-corrected chi connectivity index (χ0v) is 12.7. The fraction of sp³-hybridized carbons (Fsp3) is 0.267. The summed E-state index contributed by atoms with van der Waals surface area (Å²) >= 11 is 6.08.